The van der Waals surface area contributed by atoms with E-state index in [1.54, 1.807) is 31.9 Å². The van der Waals surface area contributed by atoms with E-state index in [0.29, 0.717) is 19.5 Å². The van der Waals surface area contributed by atoms with Crippen molar-refractivity contribution in [3.63, 3.8) is 0 Å². The van der Waals surface area contributed by atoms with Crippen molar-refractivity contribution in [1.82, 2.24) is 20.4 Å². The van der Waals surface area contributed by atoms with E-state index in [-0.39, 0.29) is 42.7 Å². The summed E-state index contributed by atoms with van der Waals surface area (Å²) in [5.41, 5.74) is 0.130. The fourth-order valence-electron chi connectivity index (χ4n) is 2.99. The molecule has 2 unspecified atom stereocenters. The average Bonchev–Trinajstić information content (AvgIpc) is 2.73. The molecule has 172 valence electrons. The van der Waals surface area contributed by atoms with Gasteiger partial charge in [0.25, 0.3) is 5.91 Å². The van der Waals surface area contributed by atoms with E-state index < -0.39 is 23.9 Å². The van der Waals surface area contributed by atoms with Crippen LogP contribution < -0.4 is 10.6 Å². The summed E-state index contributed by atoms with van der Waals surface area (Å²) < 4.78 is 0. The monoisotopic (exact) mass is 435 g/mol. The second kappa shape index (κ2) is 12.6. The molecule has 31 heavy (non-hydrogen) atoms. The summed E-state index contributed by atoms with van der Waals surface area (Å²) >= 11 is 0. The normalized spacial score (nSPS) is 16.4. The van der Waals surface area contributed by atoms with E-state index in [0.717, 1.165) is 0 Å². The Bertz CT molecular complexity index is 763. The zero-order valence-corrected chi connectivity index (χ0v) is 18.6. The molecule has 1 rings (SSSR count). The Morgan fingerprint density at radius 1 is 1.48 bits per heavy atom. The van der Waals surface area contributed by atoms with E-state index in [9.17, 15) is 14.4 Å². The standard InChI is InChI=1S/C20H33N7O4/c1-6-9-26(5)12-17(28)14(4)24-19(29)16(7-2)27-10-8-22-18(20(27)30)23-11-15(21)13(3)25-31/h6,14,16,21,31H,1,7-12H2,2-5H3,(H,22,23)(H,24,29)/b21-15?,25-13-. The maximum absolute atomic E-state index is 12.8. The molecule has 0 saturated heterocycles. The number of carbonyl (C=O) groups is 3. The number of hydrogen-bond donors (Lipinski definition) is 4. The molecule has 0 aromatic rings. The topological polar surface area (TPSA) is 151 Å². The maximum Gasteiger partial charge on any atom is 0.289 e. The average molecular weight is 436 g/mol. The molecule has 1 aliphatic rings. The molecule has 0 spiro atoms. The van der Waals surface area contributed by atoms with Gasteiger partial charge in [0.05, 0.1) is 37.1 Å². The van der Waals surface area contributed by atoms with Crippen LogP contribution in [0, 0.1) is 5.41 Å². The van der Waals surface area contributed by atoms with Crippen LogP contribution in [-0.4, -0.2) is 102 Å². The number of nitrogens with zero attached hydrogens (tertiary/aromatic N) is 4. The Balaban J connectivity index is 2.75. The third-order valence-electron chi connectivity index (χ3n) is 4.87. The van der Waals surface area contributed by atoms with Gasteiger partial charge in [-0.3, -0.25) is 24.3 Å². The van der Waals surface area contributed by atoms with Crippen molar-refractivity contribution >= 4 is 34.9 Å². The molecular formula is C20H33N7O4. The maximum atomic E-state index is 12.8. The lowest BCUT2D eigenvalue weighted by molar-refractivity contribution is -0.137. The predicted octanol–water partition coefficient (Wildman–Crippen LogP) is -0.343. The van der Waals surface area contributed by atoms with Gasteiger partial charge in [0.2, 0.25) is 5.91 Å². The van der Waals surface area contributed by atoms with Crippen LogP contribution in [0.25, 0.3) is 0 Å². The van der Waals surface area contributed by atoms with Gasteiger partial charge < -0.3 is 26.2 Å². The largest absolute Gasteiger partial charge is 0.411 e. The first-order chi connectivity index (χ1) is 14.7. The van der Waals surface area contributed by atoms with Crippen LogP contribution in [0.4, 0.5) is 0 Å². The van der Waals surface area contributed by atoms with Gasteiger partial charge in [-0.25, -0.2) is 0 Å². The SMILES string of the molecule is C=CCN(C)CC(=O)C(C)NC(=O)C(CC)N1CCN=C(NCC(=N)/C(C)=N\O)C1=O. The van der Waals surface area contributed by atoms with Gasteiger partial charge in [0, 0.05) is 13.1 Å². The molecule has 11 nitrogen and oxygen atoms in total. The fourth-order valence-corrected chi connectivity index (χ4v) is 2.99. The van der Waals surface area contributed by atoms with Gasteiger partial charge in [0.1, 0.15) is 6.04 Å². The first kappa shape index (κ1) is 26.0. The summed E-state index contributed by atoms with van der Waals surface area (Å²) in [6.07, 6.45) is 2.06. The Hall–Kier alpha value is -3.08. The fraction of sp³-hybridized carbons (Fsp3) is 0.600. The molecule has 0 aromatic heterocycles. The van der Waals surface area contributed by atoms with Crippen molar-refractivity contribution in [3.8, 4) is 0 Å². The molecule has 2 amide bonds. The van der Waals surface area contributed by atoms with Crippen molar-refractivity contribution in [3.05, 3.63) is 12.7 Å². The summed E-state index contributed by atoms with van der Waals surface area (Å²) in [4.78, 5) is 45.4. The van der Waals surface area contributed by atoms with Crippen LogP contribution in [0.2, 0.25) is 0 Å². The molecule has 1 aliphatic heterocycles. The minimum atomic E-state index is -0.749. The third kappa shape index (κ3) is 7.59. The van der Waals surface area contributed by atoms with Crippen LogP contribution in [0.3, 0.4) is 0 Å². The van der Waals surface area contributed by atoms with Crippen molar-refractivity contribution in [2.45, 2.75) is 39.3 Å². The van der Waals surface area contributed by atoms with Crippen molar-refractivity contribution in [1.29, 1.82) is 5.41 Å². The van der Waals surface area contributed by atoms with Crippen molar-refractivity contribution in [2.75, 3.05) is 39.8 Å². The van der Waals surface area contributed by atoms with E-state index in [1.807, 2.05) is 0 Å². The Morgan fingerprint density at radius 3 is 2.74 bits per heavy atom. The molecule has 0 fully saturated rings. The summed E-state index contributed by atoms with van der Waals surface area (Å²) in [5.74, 6) is -0.950. The van der Waals surface area contributed by atoms with Crippen LogP contribution in [0.5, 0.6) is 0 Å². The van der Waals surface area contributed by atoms with Crippen LogP contribution in [0.1, 0.15) is 27.2 Å². The van der Waals surface area contributed by atoms with Crippen LogP contribution in [0.15, 0.2) is 22.8 Å². The first-order valence-corrected chi connectivity index (χ1v) is 10.1. The minimum absolute atomic E-state index is 0.00803. The molecule has 0 bridgehead atoms. The van der Waals surface area contributed by atoms with E-state index in [2.05, 4.69) is 27.4 Å². The van der Waals surface area contributed by atoms with Crippen LogP contribution >= 0.6 is 0 Å². The molecule has 0 radical (unpaired) electrons. The second-order valence-electron chi connectivity index (χ2n) is 7.35. The number of rotatable bonds is 12. The number of likely N-dealkylation sites (N-methyl/N-ethyl adjacent to an activating group) is 1. The zero-order valence-electron chi connectivity index (χ0n) is 18.6. The summed E-state index contributed by atoms with van der Waals surface area (Å²) in [7, 11) is 1.79. The van der Waals surface area contributed by atoms with E-state index in [1.165, 1.54) is 11.8 Å². The van der Waals surface area contributed by atoms with Crippen molar-refractivity contribution in [2.24, 2.45) is 10.1 Å². The Morgan fingerprint density at radius 2 is 2.16 bits per heavy atom. The van der Waals surface area contributed by atoms with E-state index >= 15 is 0 Å². The van der Waals surface area contributed by atoms with Crippen LogP contribution in [-0.2, 0) is 14.4 Å². The number of nitrogens with one attached hydrogen (secondary N) is 3. The molecule has 4 N–H and O–H groups in total. The van der Waals surface area contributed by atoms with Gasteiger partial charge in [-0.05, 0) is 27.3 Å². The van der Waals surface area contributed by atoms with Gasteiger partial charge >= 0.3 is 0 Å². The highest BCUT2D eigenvalue weighted by molar-refractivity contribution is 6.43. The number of aliphatic imine (C=N–C) groups is 1. The molecule has 0 aromatic carbocycles. The highest BCUT2D eigenvalue weighted by atomic mass is 16.4. The molecule has 0 aliphatic carbocycles. The number of oxime groups is 1. The number of amidine groups is 1. The summed E-state index contributed by atoms with van der Waals surface area (Å²) in [6.45, 7) is 9.78. The van der Waals surface area contributed by atoms with Crippen molar-refractivity contribution < 1.29 is 19.6 Å². The number of hydrogen-bond acceptors (Lipinski definition) is 9. The van der Waals surface area contributed by atoms with E-state index in [4.69, 9.17) is 10.6 Å². The number of carbonyl (C=O) groups excluding carboxylic acids is 3. The second-order valence-corrected chi connectivity index (χ2v) is 7.35. The third-order valence-corrected chi connectivity index (χ3v) is 4.87. The number of ketones is 1. The highest BCUT2D eigenvalue weighted by Crippen LogP contribution is 2.10. The molecule has 1 heterocycles. The smallest absolute Gasteiger partial charge is 0.289 e. The van der Waals surface area contributed by atoms with Gasteiger partial charge in [-0.15, -0.1) is 6.58 Å². The number of Topliss-reactive ketones (excluding diaryl/α,β-unsaturated/α-hetero) is 1. The molecular weight excluding hydrogens is 402 g/mol. The Labute approximate surface area is 182 Å². The van der Waals surface area contributed by atoms with Gasteiger partial charge in [0.15, 0.2) is 11.6 Å². The van der Waals surface area contributed by atoms with Gasteiger partial charge in [-0.1, -0.05) is 18.2 Å². The summed E-state index contributed by atoms with van der Waals surface area (Å²) in [6, 6.07) is -1.44. The van der Waals surface area contributed by atoms with Gasteiger partial charge in [-0.2, -0.15) is 0 Å². The zero-order chi connectivity index (χ0) is 23.6. The molecule has 0 saturated carbocycles. The lowest BCUT2D eigenvalue weighted by Gasteiger charge is -2.33. The Kier molecular flexibility index (Phi) is 10.5. The summed E-state index contributed by atoms with van der Waals surface area (Å²) in [5, 5.41) is 24.9. The quantitative estimate of drug-likeness (QED) is 0.142. The molecule has 11 heteroatoms. The lowest BCUT2D eigenvalue weighted by atomic mass is 10.1. The molecule has 2 atom stereocenters. The predicted molar refractivity (Wildman–Crippen MR) is 119 cm³/mol. The lowest BCUT2D eigenvalue weighted by Crippen LogP contribution is -2.58. The minimum Gasteiger partial charge on any atom is -0.411 e. The highest BCUT2D eigenvalue weighted by Gasteiger charge is 2.34. The number of amides is 2. The first-order valence-electron chi connectivity index (χ1n) is 10.1.